The number of nitro benzene ring substituents is 1. The first-order valence-corrected chi connectivity index (χ1v) is 12.6. The number of nitrogens with one attached hydrogen (secondary N) is 1. The fourth-order valence-electron chi connectivity index (χ4n) is 4.60. The Bertz CT molecular complexity index is 1430. The summed E-state index contributed by atoms with van der Waals surface area (Å²) in [6.45, 7) is 4.03. The first-order valence-electron chi connectivity index (χ1n) is 12.3. The summed E-state index contributed by atoms with van der Waals surface area (Å²) < 4.78 is 11.7. The molecule has 5 rings (SSSR count). The van der Waals surface area contributed by atoms with Crippen LogP contribution in [0.2, 0.25) is 5.02 Å². The van der Waals surface area contributed by atoms with E-state index in [1.54, 1.807) is 38.1 Å². The van der Waals surface area contributed by atoms with Gasteiger partial charge in [0.15, 0.2) is 0 Å². The Balaban J connectivity index is 1.70. The fraction of sp³-hybridized carbons (Fsp3) is 0.308. The standard InChI is InChI=1S/C26H25ClN6O6/c1-15(2)39-20-13-18(33(36)37)7-8-19(20)24-30-22(16-3-5-17(27)6-4-16)23(25-29-10-12-38-25)32(24)26(35)31-11-9-28-21(34)14-31/h3-8,10,12-13,15,22-23H,9,11,14H2,1-2H3,(H,28,34)/t22-,23-/m0/s1. The first-order chi connectivity index (χ1) is 18.7. The number of carbonyl (C=O) groups excluding carboxylic acids is 2. The maximum atomic E-state index is 14.1. The van der Waals surface area contributed by atoms with Crippen LogP contribution in [0.3, 0.4) is 0 Å². The molecule has 2 aliphatic rings. The summed E-state index contributed by atoms with van der Waals surface area (Å²) in [5.74, 6) is 0.347. The van der Waals surface area contributed by atoms with E-state index in [0.717, 1.165) is 5.56 Å². The Kier molecular flexibility index (Phi) is 7.20. The highest BCUT2D eigenvalue weighted by Gasteiger charge is 2.47. The number of aliphatic imine (C=N–C) groups is 1. The van der Waals surface area contributed by atoms with Gasteiger partial charge in [-0.05, 0) is 37.6 Å². The molecule has 3 aromatic rings. The van der Waals surface area contributed by atoms with E-state index in [9.17, 15) is 19.7 Å². The molecule has 2 atom stereocenters. The zero-order chi connectivity index (χ0) is 27.7. The van der Waals surface area contributed by atoms with E-state index in [4.69, 9.17) is 25.7 Å². The number of amides is 3. The number of ether oxygens (including phenoxy) is 1. The fourth-order valence-corrected chi connectivity index (χ4v) is 4.73. The minimum atomic E-state index is -0.823. The number of nitro groups is 1. The molecule has 3 heterocycles. The molecule has 39 heavy (non-hydrogen) atoms. The Labute approximate surface area is 228 Å². The molecule has 3 amide bonds. The normalized spacial score (nSPS) is 19.2. The van der Waals surface area contributed by atoms with Crippen LogP contribution in [-0.2, 0) is 4.79 Å². The molecule has 0 saturated carbocycles. The number of benzene rings is 2. The van der Waals surface area contributed by atoms with Crippen molar-refractivity contribution in [3.8, 4) is 5.75 Å². The molecule has 2 aromatic carbocycles. The number of non-ortho nitro benzene ring substituents is 1. The van der Waals surface area contributed by atoms with Gasteiger partial charge in [-0.2, -0.15) is 0 Å². The van der Waals surface area contributed by atoms with Gasteiger partial charge in [-0.3, -0.25) is 24.8 Å². The highest BCUT2D eigenvalue weighted by molar-refractivity contribution is 6.30. The predicted molar refractivity (Wildman–Crippen MR) is 141 cm³/mol. The number of nitrogens with zero attached hydrogens (tertiary/aromatic N) is 5. The van der Waals surface area contributed by atoms with E-state index in [1.807, 2.05) is 0 Å². The second kappa shape index (κ2) is 10.7. The third-order valence-corrected chi connectivity index (χ3v) is 6.53. The van der Waals surface area contributed by atoms with Crippen LogP contribution in [-0.4, -0.2) is 63.2 Å². The van der Waals surface area contributed by atoms with Gasteiger partial charge in [0.05, 0.1) is 28.9 Å². The van der Waals surface area contributed by atoms with Crippen molar-refractivity contribution in [2.45, 2.75) is 32.0 Å². The summed E-state index contributed by atoms with van der Waals surface area (Å²) in [5.41, 5.74) is 0.939. The molecule has 13 heteroatoms. The topological polar surface area (TPSA) is 143 Å². The van der Waals surface area contributed by atoms with Gasteiger partial charge in [0.2, 0.25) is 11.8 Å². The molecule has 0 spiro atoms. The van der Waals surface area contributed by atoms with Gasteiger partial charge in [-0.25, -0.2) is 9.78 Å². The predicted octanol–water partition coefficient (Wildman–Crippen LogP) is 4.12. The number of halogens is 1. The highest BCUT2D eigenvalue weighted by Crippen LogP contribution is 2.45. The van der Waals surface area contributed by atoms with E-state index < -0.39 is 23.0 Å². The van der Waals surface area contributed by atoms with Crippen LogP contribution in [0.4, 0.5) is 10.5 Å². The van der Waals surface area contributed by atoms with Crippen molar-refractivity contribution in [2.24, 2.45) is 4.99 Å². The monoisotopic (exact) mass is 552 g/mol. The van der Waals surface area contributed by atoms with Crippen molar-refractivity contribution < 1.29 is 23.7 Å². The summed E-state index contributed by atoms with van der Waals surface area (Å²) in [6, 6.07) is 9.21. The summed E-state index contributed by atoms with van der Waals surface area (Å²) >= 11 is 6.14. The molecule has 202 valence electrons. The van der Waals surface area contributed by atoms with Gasteiger partial charge in [-0.1, -0.05) is 23.7 Å². The molecular formula is C26H25ClN6O6. The summed E-state index contributed by atoms with van der Waals surface area (Å²) in [7, 11) is 0. The summed E-state index contributed by atoms with van der Waals surface area (Å²) in [6.07, 6.45) is 2.56. The van der Waals surface area contributed by atoms with E-state index in [0.29, 0.717) is 17.1 Å². The third-order valence-electron chi connectivity index (χ3n) is 6.28. The lowest BCUT2D eigenvalue weighted by atomic mass is 10.00. The number of carbonyl (C=O) groups is 2. The number of aromatic nitrogens is 1. The van der Waals surface area contributed by atoms with Gasteiger partial charge in [0, 0.05) is 24.2 Å². The van der Waals surface area contributed by atoms with E-state index >= 15 is 0 Å². The van der Waals surface area contributed by atoms with Crippen LogP contribution >= 0.6 is 11.6 Å². The highest BCUT2D eigenvalue weighted by atomic mass is 35.5. The second-order valence-electron chi connectivity index (χ2n) is 9.29. The van der Waals surface area contributed by atoms with Crippen molar-refractivity contribution in [1.82, 2.24) is 20.1 Å². The van der Waals surface area contributed by atoms with E-state index in [1.165, 1.54) is 40.5 Å². The quantitative estimate of drug-likeness (QED) is 0.358. The maximum absolute atomic E-state index is 14.1. The Morgan fingerprint density at radius 1 is 1.26 bits per heavy atom. The summed E-state index contributed by atoms with van der Waals surface area (Å²) in [5, 5.41) is 14.8. The Morgan fingerprint density at radius 2 is 2.03 bits per heavy atom. The number of hydrogen-bond donors (Lipinski definition) is 1. The van der Waals surface area contributed by atoms with Gasteiger partial charge in [0.25, 0.3) is 5.69 Å². The van der Waals surface area contributed by atoms with Crippen LogP contribution in [0.1, 0.15) is 42.9 Å². The molecule has 0 radical (unpaired) electrons. The van der Waals surface area contributed by atoms with Gasteiger partial charge in [0.1, 0.15) is 36.5 Å². The van der Waals surface area contributed by atoms with Crippen molar-refractivity contribution in [3.63, 3.8) is 0 Å². The zero-order valence-electron chi connectivity index (χ0n) is 21.1. The SMILES string of the molecule is CC(C)Oc1cc([N+](=O)[O-])ccc1C1=N[C@@H](c2ccc(Cl)cc2)[C@@H](c2ncco2)N1C(=O)N1CCNC(=O)C1. The van der Waals surface area contributed by atoms with Crippen LogP contribution in [0.15, 0.2) is 64.3 Å². The van der Waals surface area contributed by atoms with Gasteiger partial charge in [-0.15, -0.1) is 0 Å². The molecule has 1 fully saturated rings. The number of oxazole rings is 1. The molecule has 2 aliphatic heterocycles. The molecule has 0 bridgehead atoms. The van der Waals surface area contributed by atoms with Crippen molar-refractivity contribution in [1.29, 1.82) is 0 Å². The molecule has 1 saturated heterocycles. The minimum Gasteiger partial charge on any atom is -0.490 e. The van der Waals surface area contributed by atoms with Crippen molar-refractivity contribution in [2.75, 3.05) is 19.6 Å². The first kappa shape index (κ1) is 26.2. The number of amidine groups is 1. The van der Waals surface area contributed by atoms with Crippen LogP contribution in [0, 0.1) is 10.1 Å². The van der Waals surface area contributed by atoms with Crippen LogP contribution in [0.25, 0.3) is 0 Å². The van der Waals surface area contributed by atoms with Crippen LogP contribution < -0.4 is 10.1 Å². The number of urea groups is 1. The number of piperazine rings is 1. The van der Waals surface area contributed by atoms with Crippen molar-refractivity contribution in [3.05, 3.63) is 87.1 Å². The lowest BCUT2D eigenvalue weighted by Gasteiger charge is -2.34. The van der Waals surface area contributed by atoms with Gasteiger partial charge >= 0.3 is 6.03 Å². The van der Waals surface area contributed by atoms with E-state index in [-0.39, 0.29) is 48.3 Å². The molecule has 12 nitrogen and oxygen atoms in total. The summed E-state index contributed by atoms with van der Waals surface area (Å²) in [4.78, 5) is 49.5. The minimum absolute atomic E-state index is 0.137. The maximum Gasteiger partial charge on any atom is 0.327 e. The molecule has 1 aromatic heterocycles. The molecule has 0 aliphatic carbocycles. The third kappa shape index (κ3) is 5.28. The average Bonchev–Trinajstić information content (AvgIpc) is 3.56. The Hall–Kier alpha value is -4.45. The van der Waals surface area contributed by atoms with Crippen molar-refractivity contribution >= 4 is 35.1 Å². The van der Waals surface area contributed by atoms with Crippen LogP contribution in [0.5, 0.6) is 5.75 Å². The smallest absolute Gasteiger partial charge is 0.327 e. The zero-order valence-corrected chi connectivity index (χ0v) is 21.9. The average molecular weight is 553 g/mol. The largest absolute Gasteiger partial charge is 0.490 e. The number of hydrogen-bond acceptors (Lipinski definition) is 8. The number of rotatable bonds is 6. The second-order valence-corrected chi connectivity index (χ2v) is 9.73. The molecular weight excluding hydrogens is 528 g/mol. The molecule has 0 unspecified atom stereocenters. The lowest BCUT2D eigenvalue weighted by Crippen LogP contribution is -2.55. The van der Waals surface area contributed by atoms with E-state index in [2.05, 4.69) is 10.3 Å². The molecule has 1 N–H and O–H groups in total. The Morgan fingerprint density at radius 3 is 2.67 bits per heavy atom. The van der Waals surface area contributed by atoms with Gasteiger partial charge < -0.3 is 19.4 Å². The lowest BCUT2D eigenvalue weighted by molar-refractivity contribution is -0.384.